The Balaban J connectivity index is 1.54. The van der Waals surface area contributed by atoms with Crippen LogP contribution in [0.4, 0.5) is 4.79 Å². The number of nitrogens with one attached hydrogen (secondary N) is 1. The maximum atomic E-state index is 12.6. The molecular weight excluding hydrogens is 314 g/mol. The number of urea groups is 1. The van der Waals surface area contributed by atoms with E-state index in [1.807, 2.05) is 28.6 Å². The van der Waals surface area contributed by atoms with E-state index in [-0.39, 0.29) is 12.1 Å². The average molecular weight is 341 g/mol. The highest BCUT2D eigenvalue weighted by atomic mass is 16.2. The van der Waals surface area contributed by atoms with Gasteiger partial charge in [-0.3, -0.25) is 9.67 Å². The summed E-state index contributed by atoms with van der Waals surface area (Å²) in [6.45, 7) is 8.48. The fraction of sp³-hybridized carbons (Fsp3) is 0.526. The number of aryl methyl sites for hydroxylation is 2. The SMILES string of the molecule is Cc1cc(C)n(C[C@H](C)CNC(=O)N2CCC[C@H]2c2ccncc2)n1. The predicted molar refractivity (Wildman–Crippen MR) is 97.2 cm³/mol. The number of amides is 2. The Labute approximate surface area is 149 Å². The third-order valence-electron chi connectivity index (χ3n) is 4.79. The molecule has 1 N–H and O–H groups in total. The largest absolute Gasteiger partial charge is 0.338 e. The number of hydrogen-bond donors (Lipinski definition) is 1. The molecule has 0 saturated carbocycles. The summed E-state index contributed by atoms with van der Waals surface area (Å²) in [7, 11) is 0. The van der Waals surface area contributed by atoms with Crippen molar-refractivity contribution < 1.29 is 4.79 Å². The summed E-state index contributed by atoms with van der Waals surface area (Å²) in [5.74, 6) is 0.323. The van der Waals surface area contributed by atoms with Crippen LogP contribution in [0.3, 0.4) is 0 Å². The van der Waals surface area contributed by atoms with E-state index in [0.717, 1.165) is 37.3 Å². The third kappa shape index (κ3) is 4.18. The van der Waals surface area contributed by atoms with E-state index < -0.39 is 0 Å². The molecule has 0 bridgehead atoms. The Morgan fingerprint density at radius 2 is 2.12 bits per heavy atom. The summed E-state index contributed by atoms with van der Waals surface area (Å²) in [5.41, 5.74) is 3.36. The van der Waals surface area contributed by atoms with Crippen LogP contribution in [0.25, 0.3) is 0 Å². The zero-order valence-corrected chi connectivity index (χ0v) is 15.3. The summed E-state index contributed by atoms with van der Waals surface area (Å²) in [6, 6.07) is 6.27. The lowest BCUT2D eigenvalue weighted by atomic mass is 10.1. The standard InChI is InChI=1S/C19H27N5O/c1-14(13-24-16(3)11-15(2)22-24)12-21-19(25)23-10-4-5-18(23)17-6-8-20-9-7-17/h6-9,11,14,18H,4-5,10,12-13H2,1-3H3,(H,21,25)/t14-,18+/m1/s1. The van der Waals surface area contributed by atoms with E-state index in [1.54, 1.807) is 12.4 Å². The van der Waals surface area contributed by atoms with Crippen molar-refractivity contribution in [2.24, 2.45) is 5.92 Å². The molecule has 134 valence electrons. The highest BCUT2D eigenvalue weighted by Crippen LogP contribution is 2.31. The molecule has 2 aromatic heterocycles. The Morgan fingerprint density at radius 3 is 2.80 bits per heavy atom. The number of rotatable bonds is 5. The highest BCUT2D eigenvalue weighted by Gasteiger charge is 2.29. The van der Waals surface area contributed by atoms with Crippen LogP contribution in [-0.4, -0.2) is 38.8 Å². The number of nitrogens with zero attached hydrogens (tertiary/aromatic N) is 4. The van der Waals surface area contributed by atoms with Crippen molar-refractivity contribution in [2.75, 3.05) is 13.1 Å². The lowest BCUT2D eigenvalue weighted by Crippen LogP contribution is -2.41. The molecule has 6 heteroatoms. The Bertz CT molecular complexity index is 712. The van der Waals surface area contributed by atoms with Crippen LogP contribution >= 0.6 is 0 Å². The topological polar surface area (TPSA) is 63.1 Å². The molecule has 1 fully saturated rings. The summed E-state index contributed by atoms with van der Waals surface area (Å²) < 4.78 is 2.02. The van der Waals surface area contributed by atoms with Crippen molar-refractivity contribution in [1.82, 2.24) is 25.0 Å². The van der Waals surface area contributed by atoms with Gasteiger partial charge in [-0.2, -0.15) is 5.10 Å². The van der Waals surface area contributed by atoms with Crippen molar-refractivity contribution >= 4 is 6.03 Å². The molecule has 1 saturated heterocycles. The number of hydrogen-bond acceptors (Lipinski definition) is 3. The van der Waals surface area contributed by atoms with Gasteiger partial charge in [0.15, 0.2) is 0 Å². The van der Waals surface area contributed by atoms with Crippen LogP contribution in [-0.2, 0) is 6.54 Å². The summed E-state index contributed by atoms with van der Waals surface area (Å²) in [4.78, 5) is 18.7. The second kappa shape index (κ2) is 7.68. The molecule has 2 atom stereocenters. The first-order valence-electron chi connectivity index (χ1n) is 9.00. The molecule has 1 aliphatic heterocycles. The maximum absolute atomic E-state index is 12.6. The van der Waals surface area contributed by atoms with Gasteiger partial charge < -0.3 is 10.2 Å². The van der Waals surface area contributed by atoms with Gasteiger partial charge in [-0.1, -0.05) is 6.92 Å². The van der Waals surface area contributed by atoms with Gasteiger partial charge in [0.25, 0.3) is 0 Å². The van der Waals surface area contributed by atoms with Crippen LogP contribution in [0.15, 0.2) is 30.6 Å². The second-order valence-corrected chi connectivity index (χ2v) is 7.03. The molecule has 6 nitrogen and oxygen atoms in total. The molecule has 0 aliphatic carbocycles. The van der Waals surface area contributed by atoms with Gasteiger partial charge >= 0.3 is 6.03 Å². The molecule has 2 amide bonds. The number of pyridine rings is 1. The molecule has 2 aromatic rings. The van der Waals surface area contributed by atoms with Crippen LogP contribution in [0.2, 0.25) is 0 Å². The van der Waals surface area contributed by atoms with Crippen molar-refractivity contribution in [2.45, 2.75) is 46.2 Å². The van der Waals surface area contributed by atoms with Gasteiger partial charge in [-0.05, 0) is 56.4 Å². The minimum atomic E-state index is 0.0273. The Hall–Kier alpha value is -2.37. The molecule has 0 radical (unpaired) electrons. The van der Waals surface area contributed by atoms with Crippen molar-refractivity contribution in [1.29, 1.82) is 0 Å². The molecule has 3 rings (SSSR count). The van der Waals surface area contributed by atoms with Gasteiger partial charge in [-0.15, -0.1) is 0 Å². The maximum Gasteiger partial charge on any atom is 0.317 e. The van der Waals surface area contributed by atoms with Gasteiger partial charge in [0.1, 0.15) is 0 Å². The minimum absolute atomic E-state index is 0.0273. The summed E-state index contributed by atoms with van der Waals surface area (Å²) in [5, 5.41) is 7.59. The van der Waals surface area contributed by atoms with Crippen molar-refractivity contribution in [3.63, 3.8) is 0 Å². The average Bonchev–Trinajstić information content (AvgIpc) is 3.20. The van der Waals surface area contributed by atoms with Crippen LogP contribution in [0, 0.1) is 19.8 Å². The summed E-state index contributed by atoms with van der Waals surface area (Å²) in [6.07, 6.45) is 5.64. The fourth-order valence-corrected chi connectivity index (χ4v) is 3.52. The lowest BCUT2D eigenvalue weighted by molar-refractivity contribution is 0.190. The van der Waals surface area contributed by atoms with E-state index in [2.05, 4.69) is 35.3 Å². The van der Waals surface area contributed by atoms with Crippen molar-refractivity contribution in [3.8, 4) is 0 Å². The first-order valence-corrected chi connectivity index (χ1v) is 9.00. The zero-order valence-electron chi connectivity index (χ0n) is 15.3. The highest BCUT2D eigenvalue weighted by molar-refractivity contribution is 5.75. The van der Waals surface area contributed by atoms with E-state index in [0.29, 0.717) is 12.5 Å². The number of carbonyl (C=O) groups excluding carboxylic acids is 1. The van der Waals surface area contributed by atoms with Gasteiger partial charge in [0.2, 0.25) is 0 Å². The third-order valence-corrected chi connectivity index (χ3v) is 4.79. The number of carbonyl (C=O) groups is 1. The van der Waals surface area contributed by atoms with Gasteiger partial charge in [0.05, 0.1) is 11.7 Å². The van der Waals surface area contributed by atoms with Crippen LogP contribution in [0.1, 0.15) is 42.8 Å². The Morgan fingerprint density at radius 1 is 1.36 bits per heavy atom. The molecule has 0 aromatic carbocycles. The molecule has 0 spiro atoms. The van der Waals surface area contributed by atoms with Crippen LogP contribution < -0.4 is 5.32 Å². The quantitative estimate of drug-likeness (QED) is 0.909. The predicted octanol–water partition coefficient (Wildman–Crippen LogP) is 3.08. The van der Waals surface area contributed by atoms with E-state index in [1.165, 1.54) is 5.56 Å². The van der Waals surface area contributed by atoms with E-state index in [9.17, 15) is 4.79 Å². The van der Waals surface area contributed by atoms with Crippen molar-refractivity contribution in [3.05, 3.63) is 47.5 Å². The number of aromatic nitrogens is 3. The zero-order chi connectivity index (χ0) is 17.8. The molecule has 1 aliphatic rings. The first kappa shape index (κ1) is 17.5. The van der Waals surface area contributed by atoms with Crippen LogP contribution in [0.5, 0.6) is 0 Å². The summed E-state index contributed by atoms with van der Waals surface area (Å²) >= 11 is 0. The van der Waals surface area contributed by atoms with Gasteiger partial charge in [0, 0.05) is 37.7 Å². The van der Waals surface area contributed by atoms with Gasteiger partial charge in [-0.25, -0.2) is 4.79 Å². The molecule has 0 unspecified atom stereocenters. The fourth-order valence-electron chi connectivity index (χ4n) is 3.52. The lowest BCUT2D eigenvalue weighted by Gasteiger charge is -2.26. The normalized spacial score (nSPS) is 18.4. The van der Waals surface area contributed by atoms with E-state index >= 15 is 0 Å². The second-order valence-electron chi connectivity index (χ2n) is 7.03. The van der Waals surface area contributed by atoms with E-state index in [4.69, 9.17) is 0 Å². The monoisotopic (exact) mass is 341 g/mol. The minimum Gasteiger partial charge on any atom is -0.338 e. The smallest absolute Gasteiger partial charge is 0.317 e. The molecule has 25 heavy (non-hydrogen) atoms. The first-order chi connectivity index (χ1) is 12.0. The molecule has 3 heterocycles. The Kier molecular flexibility index (Phi) is 5.36. The number of likely N-dealkylation sites (tertiary alicyclic amines) is 1. The molecular formula is C19H27N5O.